The van der Waals surface area contributed by atoms with Crippen LogP contribution >= 0.6 is 27.5 Å². The predicted octanol–water partition coefficient (Wildman–Crippen LogP) is 4.62. The van der Waals surface area contributed by atoms with Crippen molar-refractivity contribution in [1.82, 2.24) is 0 Å². The first-order valence-corrected chi connectivity index (χ1v) is 6.79. The molecular formula is C14H11BrClF2N. The van der Waals surface area contributed by atoms with Gasteiger partial charge < -0.3 is 5.73 Å². The molecule has 1 nitrogen and oxygen atoms in total. The third-order valence-corrected chi connectivity index (χ3v) is 3.97. The van der Waals surface area contributed by atoms with Gasteiger partial charge in [0, 0.05) is 10.5 Å². The maximum atomic E-state index is 13.4. The monoisotopic (exact) mass is 345 g/mol. The van der Waals surface area contributed by atoms with Crippen LogP contribution < -0.4 is 5.73 Å². The van der Waals surface area contributed by atoms with Gasteiger partial charge >= 0.3 is 0 Å². The molecule has 100 valence electrons. The molecule has 0 aromatic heterocycles. The number of nitrogens with two attached hydrogens (primary N) is 1. The summed E-state index contributed by atoms with van der Waals surface area (Å²) in [5.74, 6) is -0.819. The molecule has 19 heavy (non-hydrogen) atoms. The Morgan fingerprint density at radius 2 is 1.95 bits per heavy atom. The van der Waals surface area contributed by atoms with Crippen LogP contribution in [0, 0.1) is 11.6 Å². The minimum Gasteiger partial charge on any atom is -0.324 e. The molecule has 1 unspecified atom stereocenters. The minimum atomic E-state index is -0.493. The maximum absolute atomic E-state index is 13.4. The molecular weight excluding hydrogens is 336 g/mol. The van der Waals surface area contributed by atoms with Crippen LogP contribution in [0.25, 0.3) is 0 Å². The minimum absolute atomic E-state index is 0.0354. The molecule has 0 radical (unpaired) electrons. The van der Waals surface area contributed by atoms with Gasteiger partial charge in [-0.15, -0.1) is 0 Å². The van der Waals surface area contributed by atoms with Gasteiger partial charge in [0.05, 0.1) is 5.02 Å². The quantitative estimate of drug-likeness (QED) is 0.862. The molecule has 0 saturated carbocycles. The second-order valence-electron chi connectivity index (χ2n) is 4.19. The number of rotatable bonds is 3. The van der Waals surface area contributed by atoms with Crippen LogP contribution in [-0.2, 0) is 6.42 Å². The normalized spacial score (nSPS) is 12.5. The van der Waals surface area contributed by atoms with Crippen molar-refractivity contribution in [1.29, 1.82) is 0 Å². The smallest absolute Gasteiger partial charge is 0.142 e. The summed E-state index contributed by atoms with van der Waals surface area (Å²) in [7, 11) is 0. The van der Waals surface area contributed by atoms with Crippen LogP contribution in [0.15, 0.2) is 40.9 Å². The average molecular weight is 347 g/mol. The molecule has 2 aromatic carbocycles. The van der Waals surface area contributed by atoms with E-state index in [0.717, 1.165) is 5.56 Å². The van der Waals surface area contributed by atoms with Crippen LogP contribution in [-0.4, -0.2) is 0 Å². The van der Waals surface area contributed by atoms with Gasteiger partial charge in [0.25, 0.3) is 0 Å². The molecule has 0 saturated heterocycles. The summed E-state index contributed by atoms with van der Waals surface area (Å²) in [4.78, 5) is 0. The number of hydrogen-bond acceptors (Lipinski definition) is 1. The second-order valence-corrected chi connectivity index (χ2v) is 5.42. The Morgan fingerprint density at radius 3 is 2.63 bits per heavy atom. The van der Waals surface area contributed by atoms with Crippen molar-refractivity contribution >= 4 is 27.5 Å². The van der Waals surface area contributed by atoms with Crippen molar-refractivity contribution < 1.29 is 8.78 Å². The average Bonchev–Trinajstić information content (AvgIpc) is 2.36. The van der Waals surface area contributed by atoms with Crippen molar-refractivity contribution in [3.63, 3.8) is 0 Å². The Balaban J connectivity index is 2.25. The molecule has 1 atom stereocenters. The van der Waals surface area contributed by atoms with E-state index in [-0.39, 0.29) is 10.8 Å². The summed E-state index contributed by atoms with van der Waals surface area (Å²) in [5, 5.41) is 0.0354. The first-order valence-electron chi connectivity index (χ1n) is 5.62. The highest BCUT2D eigenvalue weighted by atomic mass is 79.9. The number of benzene rings is 2. The van der Waals surface area contributed by atoms with Gasteiger partial charge in [-0.25, -0.2) is 8.78 Å². The number of halogens is 4. The first kappa shape index (κ1) is 14.4. The molecule has 2 N–H and O–H groups in total. The zero-order chi connectivity index (χ0) is 14.0. The summed E-state index contributed by atoms with van der Waals surface area (Å²) in [6.45, 7) is 0. The van der Waals surface area contributed by atoms with Crippen molar-refractivity contribution in [2.45, 2.75) is 12.5 Å². The third kappa shape index (κ3) is 3.32. The fourth-order valence-electron chi connectivity index (χ4n) is 1.84. The zero-order valence-electron chi connectivity index (χ0n) is 9.84. The van der Waals surface area contributed by atoms with Gasteiger partial charge in [0.15, 0.2) is 0 Å². The van der Waals surface area contributed by atoms with E-state index in [1.54, 1.807) is 18.2 Å². The molecule has 0 fully saturated rings. The lowest BCUT2D eigenvalue weighted by Crippen LogP contribution is -2.14. The van der Waals surface area contributed by atoms with E-state index in [1.807, 2.05) is 0 Å². The summed E-state index contributed by atoms with van der Waals surface area (Å²) < 4.78 is 27.0. The van der Waals surface area contributed by atoms with Gasteiger partial charge in [0.2, 0.25) is 0 Å². The van der Waals surface area contributed by atoms with Gasteiger partial charge in [-0.05, 0) is 35.7 Å². The van der Waals surface area contributed by atoms with E-state index in [4.69, 9.17) is 17.3 Å². The van der Waals surface area contributed by atoms with Crippen LogP contribution in [0.3, 0.4) is 0 Å². The Bertz CT molecular complexity index is 604. The van der Waals surface area contributed by atoms with Crippen molar-refractivity contribution in [3.05, 3.63) is 68.7 Å². The van der Waals surface area contributed by atoms with E-state index < -0.39 is 11.9 Å². The SMILES string of the molecule is NC(Cc1ccc(F)cc1Br)c1cccc(F)c1Cl. The topological polar surface area (TPSA) is 26.0 Å². The molecule has 0 heterocycles. The lowest BCUT2D eigenvalue weighted by molar-refractivity contribution is 0.617. The molecule has 0 bridgehead atoms. The lowest BCUT2D eigenvalue weighted by atomic mass is 9.99. The van der Waals surface area contributed by atoms with E-state index >= 15 is 0 Å². The Hall–Kier alpha value is -0.970. The standard InChI is InChI=1S/C14H11BrClF2N/c15-11-7-9(17)5-4-8(11)6-13(19)10-2-1-3-12(18)14(10)16/h1-5,7,13H,6,19H2. The molecule has 2 aromatic rings. The fraction of sp³-hybridized carbons (Fsp3) is 0.143. The third-order valence-electron chi connectivity index (χ3n) is 2.84. The number of hydrogen-bond donors (Lipinski definition) is 1. The Kier molecular flexibility index (Phi) is 4.55. The molecule has 0 aliphatic rings. The van der Waals surface area contributed by atoms with Crippen LogP contribution in [0.5, 0.6) is 0 Å². The highest BCUT2D eigenvalue weighted by molar-refractivity contribution is 9.10. The van der Waals surface area contributed by atoms with Crippen molar-refractivity contribution in [3.8, 4) is 0 Å². The maximum Gasteiger partial charge on any atom is 0.142 e. The highest BCUT2D eigenvalue weighted by Crippen LogP contribution is 2.28. The molecule has 0 amide bonds. The van der Waals surface area contributed by atoms with Crippen LogP contribution in [0.2, 0.25) is 5.02 Å². The largest absolute Gasteiger partial charge is 0.324 e. The van der Waals surface area contributed by atoms with Crippen LogP contribution in [0.4, 0.5) is 8.78 Å². The predicted molar refractivity (Wildman–Crippen MR) is 76.1 cm³/mol. The summed E-state index contributed by atoms with van der Waals surface area (Å²) in [5.41, 5.74) is 7.42. The first-order chi connectivity index (χ1) is 8.99. The molecule has 0 spiro atoms. The van der Waals surface area contributed by atoms with Crippen molar-refractivity contribution in [2.75, 3.05) is 0 Å². The van der Waals surface area contributed by atoms with E-state index in [1.165, 1.54) is 18.2 Å². The molecule has 2 rings (SSSR count). The van der Waals surface area contributed by atoms with E-state index in [9.17, 15) is 8.78 Å². The zero-order valence-corrected chi connectivity index (χ0v) is 12.2. The molecule has 0 aliphatic carbocycles. The fourth-order valence-corrected chi connectivity index (χ4v) is 2.62. The summed E-state index contributed by atoms with van der Waals surface area (Å²) in [6.07, 6.45) is 0.435. The van der Waals surface area contributed by atoms with E-state index in [2.05, 4.69) is 15.9 Å². The van der Waals surface area contributed by atoms with Gasteiger partial charge in [0.1, 0.15) is 11.6 Å². The lowest BCUT2D eigenvalue weighted by Gasteiger charge is -2.15. The van der Waals surface area contributed by atoms with E-state index in [0.29, 0.717) is 16.5 Å². The summed E-state index contributed by atoms with van der Waals surface area (Å²) >= 11 is 9.17. The summed E-state index contributed by atoms with van der Waals surface area (Å²) in [6, 6.07) is 8.46. The van der Waals surface area contributed by atoms with Crippen molar-refractivity contribution in [2.24, 2.45) is 5.73 Å². The molecule has 5 heteroatoms. The Morgan fingerprint density at radius 1 is 1.21 bits per heavy atom. The molecule has 0 aliphatic heterocycles. The Labute approximate surface area is 123 Å². The van der Waals surface area contributed by atoms with Gasteiger partial charge in [-0.1, -0.05) is 45.7 Å². The van der Waals surface area contributed by atoms with Crippen LogP contribution in [0.1, 0.15) is 17.2 Å². The second kappa shape index (κ2) is 5.99. The van der Waals surface area contributed by atoms with Gasteiger partial charge in [-0.3, -0.25) is 0 Å². The van der Waals surface area contributed by atoms with Gasteiger partial charge in [-0.2, -0.15) is 0 Å². The highest BCUT2D eigenvalue weighted by Gasteiger charge is 2.15.